The minimum Gasteiger partial charge on any atom is -0.212 e. The lowest BCUT2D eigenvalue weighted by atomic mass is 10.1. The van der Waals surface area contributed by atoms with Gasteiger partial charge in [0.1, 0.15) is 0 Å². The van der Waals surface area contributed by atoms with E-state index in [0.717, 1.165) is 28.5 Å². The molecule has 0 aliphatic rings. The monoisotopic (exact) mass is 325 g/mol. The van der Waals surface area contributed by atoms with E-state index in [9.17, 15) is 0 Å². The van der Waals surface area contributed by atoms with Gasteiger partial charge in [-0.2, -0.15) is 0 Å². The third-order valence-electron chi connectivity index (χ3n) is 4.29. The second-order valence-electron chi connectivity index (χ2n) is 6.19. The number of benzene rings is 3. The van der Waals surface area contributed by atoms with Gasteiger partial charge in [0.25, 0.3) is 0 Å². The largest absolute Gasteiger partial charge is 0.212 e. The van der Waals surface area contributed by atoms with Crippen molar-refractivity contribution in [2.75, 3.05) is 0 Å². The van der Waals surface area contributed by atoms with E-state index in [4.69, 9.17) is 10.1 Å². The van der Waals surface area contributed by atoms with Crippen LogP contribution in [0.3, 0.4) is 0 Å². The minimum atomic E-state index is 0.738. The average Bonchev–Trinajstić information content (AvgIpc) is 3.08. The Morgan fingerprint density at radius 1 is 0.680 bits per heavy atom. The highest BCUT2D eigenvalue weighted by Crippen LogP contribution is 2.26. The Balaban J connectivity index is 1.92. The molecule has 4 aromatic rings. The Kier molecular flexibility index (Phi) is 3.90. The SMILES string of the molecule is Cc1ccc(-c2nc(-c3ccccc3)n(-c3ccccc3C)n2)cc1. The summed E-state index contributed by atoms with van der Waals surface area (Å²) < 4.78 is 1.94. The first-order valence-corrected chi connectivity index (χ1v) is 8.38. The van der Waals surface area contributed by atoms with E-state index >= 15 is 0 Å². The van der Waals surface area contributed by atoms with Gasteiger partial charge in [-0.3, -0.25) is 0 Å². The molecule has 0 unspecified atom stereocenters. The summed E-state index contributed by atoms with van der Waals surface area (Å²) in [7, 11) is 0. The standard InChI is InChI=1S/C22H19N3/c1-16-12-14-18(15-13-16)21-23-22(19-9-4-3-5-10-19)25(24-21)20-11-7-6-8-17(20)2/h3-15H,1-2H3. The van der Waals surface area contributed by atoms with Crippen LogP contribution >= 0.6 is 0 Å². The lowest BCUT2D eigenvalue weighted by Gasteiger charge is -2.08. The number of aryl methyl sites for hydroxylation is 2. The van der Waals surface area contributed by atoms with Gasteiger partial charge in [-0.1, -0.05) is 78.4 Å². The molecule has 0 atom stereocenters. The summed E-state index contributed by atoms with van der Waals surface area (Å²) in [5, 5.41) is 4.82. The molecule has 0 N–H and O–H groups in total. The van der Waals surface area contributed by atoms with Crippen LogP contribution in [0.4, 0.5) is 0 Å². The molecule has 1 heterocycles. The summed E-state index contributed by atoms with van der Waals surface area (Å²) in [4.78, 5) is 4.85. The minimum absolute atomic E-state index is 0.738. The van der Waals surface area contributed by atoms with Crippen molar-refractivity contribution in [3.63, 3.8) is 0 Å². The van der Waals surface area contributed by atoms with Gasteiger partial charge in [-0.05, 0) is 25.5 Å². The van der Waals surface area contributed by atoms with Crippen LogP contribution in [-0.2, 0) is 0 Å². The predicted molar refractivity (Wildman–Crippen MR) is 102 cm³/mol. The Hall–Kier alpha value is -3.20. The summed E-state index contributed by atoms with van der Waals surface area (Å²) in [6, 6.07) is 26.8. The van der Waals surface area contributed by atoms with Crippen LogP contribution in [0, 0.1) is 13.8 Å². The molecule has 0 saturated carbocycles. The molecule has 3 aromatic carbocycles. The van der Waals surface area contributed by atoms with Gasteiger partial charge < -0.3 is 0 Å². The van der Waals surface area contributed by atoms with E-state index < -0.39 is 0 Å². The Labute approximate surface area is 147 Å². The molecule has 122 valence electrons. The summed E-state index contributed by atoms with van der Waals surface area (Å²) in [5.41, 5.74) is 5.52. The molecule has 4 rings (SSSR count). The van der Waals surface area contributed by atoms with Crippen molar-refractivity contribution in [3.8, 4) is 28.5 Å². The van der Waals surface area contributed by atoms with E-state index in [2.05, 4.69) is 62.4 Å². The highest BCUT2D eigenvalue weighted by molar-refractivity contribution is 5.64. The number of rotatable bonds is 3. The maximum atomic E-state index is 4.85. The van der Waals surface area contributed by atoms with Crippen molar-refractivity contribution in [2.45, 2.75) is 13.8 Å². The van der Waals surface area contributed by atoms with Crippen LogP contribution in [0.25, 0.3) is 28.5 Å². The first kappa shape index (κ1) is 15.3. The molecule has 0 spiro atoms. The zero-order valence-corrected chi connectivity index (χ0v) is 14.3. The van der Waals surface area contributed by atoms with Gasteiger partial charge in [-0.15, -0.1) is 5.10 Å². The lowest BCUT2D eigenvalue weighted by Crippen LogP contribution is -2.01. The zero-order chi connectivity index (χ0) is 17.2. The number of para-hydroxylation sites is 1. The number of nitrogens with zero attached hydrogens (tertiary/aromatic N) is 3. The fourth-order valence-corrected chi connectivity index (χ4v) is 2.88. The Morgan fingerprint density at radius 3 is 2.08 bits per heavy atom. The van der Waals surface area contributed by atoms with E-state index in [0.29, 0.717) is 0 Å². The van der Waals surface area contributed by atoms with E-state index in [1.54, 1.807) is 0 Å². The first-order valence-electron chi connectivity index (χ1n) is 8.38. The summed E-state index contributed by atoms with van der Waals surface area (Å²) in [6.07, 6.45) is 0. The molecule has 0 amide bonds. The third kappa shape index (κ3) is 2.96. The maximum absolute atomic E-state index is 4.85. The van der Waals surface area contributed by atoms with Crippen molar-refractivity contribution in [1.82, 2.24) is 14.8 Å². The van der Waals surface area contributed by atoms with Crippen molar-refractivity contribution < 1.29 is 0 Å². The Bertz CT molecular complexity index is 999. The second-order valence-corrected chi connectivity index (χ2v) is 6.19. The quantitative estimate of drug-likeness (QED) is 0.517. The van der Waals surface area contributed by atoms with Gasteiger partial charge in [0, 0.05) is 11.1 Å². The van der Waals surface area contributed by atoms with Crippen LogP contribution < -0.4 is 0 Å². The summed E-state index contributed by atoms with van der Waals surface area (Å²) >= 11 is 0. The van der Waals surface area contributed by atoms with Gasteiger partial charge in [0.2, 0.25) is 0 Å². The van der Waals surface area contributed by atoms with Crippen LogP contribution in [0.5, 0.6) is 0 Å². The van der Waals surface area contributed by atoms with Crippen LogP contribution in [0.15, 0.2) is 78.9 Å². The topological polar surface area (TPSA) is 30.7 Å². The smallest absolute Gasteiger partial charge is 0.182 e. The molecule has 0 bridgehead atoms. The fraction of sp³-hybridized carbons (Fsp3) is 0.0909. The molecule has 25 heavy (non-hydrogen) atoms. The van der Waals surface area contributed by atoms with Crippen molar-refractivity contribution in [2.24, 2.45) is 0 Å². The van der Waals surface area contributed by atoms with E-state index in [1.165, 1.54) is 11.1 Å². The van der Waals surface area contributed by atoms with Gasteiger partial charge in [0.15, 0.2) is 11.6 Å². The summed E-state index contributed by atoms with van der Waals surface area (Å²) in [6.45, 7) is 4.18. The predicted octanol–water partition coefficient (Wildman–Crippen LogP) is 5.22. The summed E-state index contributed by atoms with van der Waals surface area (Å²) in [5.74, 6) is 1.59. The molecule has 0 saturated heterocycles. The van der Waals surface area contributed by atoms with E-state index in [1.807, 2.05) is 35.0 Å². The number of hydrogen-bond donors (Lipinski definition) is 0. The van der Waals surface area contributed by atoms with Crippen molar-refractivity contribution in [1.29, 1.82) is 0 Å². The lowest BCUT2D eigenvalue weighted by molar-refractivity contribution is 0.882. The molecule has 0 fully saturated rings. The normalized spacial score (nSPS) is 10.8. The van der Waals surface area contributed by atoms with E-state index in [-0.39, 0.29) is 0 Å². The molecule has 0 aliphatic heterocycles. The van der Waals surface area contributed by atoms with Gasteiger partial charge >= 0.3 is 0 Å². The second kappa shape index (κ2) is 6.36. The Morgan fingerprint density at radius 2 is 1.36 bits per heavy atom. The fourth-order valence-electron chi connectivity index (χ4n) is 2.88. The van der Waals surface area contributed by atoms with Gasteiger partial charge in [0.05, 0.1) is 5.69 Å². The van der Waals surface area contributed by atoms with Crippen LogP contribution in [-0.4, -0.2) is 14.8 Å². The number of aromatic nitrogens is 3. The highest BCUT2D eigenvalue weighted by atomic mass is 15.4. The molecule has 0 aliphatic carbocycles. The van der Waals surface area contributed by atoms with Gasteiger partial charge in [-0.25, -0.2) is 9.67 Å². The zero-order valence-electron chi connectivity index (χ0n) is 14.3. The molecular formula is C22H19N3. The molecular weight excluding hydrogens is 306 g/mol. The third-order valence-corrected chi connectivity index (χ3v) is 4.29. The molecule has 3 heteroatoms. The molecule has 0 radical (unpaired) electrons. The van der Waals surface area contributed by atoms with Crippen molar-refractivity contribution >= 4 is 0 Å². The molecule has 1 aromatic heterocycles. The van der Waals surface area contributed by atoms with Crippen molar-refractivity contribution in [3.05, 3.63) is 90.0 Å². The highest BCUT2D eigenvalue weighted by Gasteiger charge is 2.15. The molecule has 3 nitrogen and oxygen atoms in total. The first-order chi connectivity index (χ1) is 12.2. The van der Waals surface area contributed by atoms with Crippen LogP contribution in [0.1, 0.15) is 11.1 Å². The maximum Gasteiger partial charge on any atom is 0.182 e. The average molecular weight is 325 g/mol. The number of hydrogen-bond acceptors (Lipinski definition) is 2. The van der Waals surface area contributed by atoms with Crippen LogP contribution in [0.2, 0.25) is 0 Å².